The van der Waals surface area contributed by atoms with Crippen LogP contribution in [0.4, 0.5) is 0 Å². The van der Waals surface area contributed by atoms with E-state index in [2.05, 4.69) is 54.3 Å². The van der Waals surface area contributed by atoms with Crippen LogP contribution in [0.2, 0.25) is 0 Å². The Hall–Kier alpha value is -1.74. The van der Waals surface area contributed by atoms with Gasteiger partial charge in [0.1, 0.15) is 6.33 Å². The van der Waals surface area contributed by atoms with Crippen molar-refractivity contribution in [3.8, 4) is 0 Å². The lowest BCUT2D eigenvalue weighted by Crippen LogP contribution is -2.19. The maximum Gasteiger partial charge on any atom is 0.115 e. The lowest BCUT2D eigenvalue weighted by atomic mass is 10.00. The Kier molecular flexibility index (Phi) is 4.05. The highest BCUT2D eigenvalue weighted by molar-refractivity contribution is 5.32. The van der Waals surface area contributed by atoms with Gasteiger partial charge in [0.05, 0.1) is 5.69 Å². The molecule has 2 aromatic rings. The molecular formula is C15H19N3. The van der Waals surface area contributed by atoms with Crippen LogP contribution in [0.5, 0.6) is 0 Å². The average molecular weight is 241 g/mol. The van der Waals surface area contributed by atoms with Gasteiger partial charge in [-0.25, -0.2) is 9.97 Å². The zero-order chi connectivity index (χ0) is 13.0. The van der Waals surface area contributed by atoms with E-state index in [-0.39, 0.29) is 0 Å². The van der Waals surface area contributed by atoms with E-state index in [4.69, 9.17) is 0 Å². The minimum atomic E-state index is 0.319. The molecule has 0 bridgehead atoms. The molecule has 0 amide bonds. The molecule has 1 aromatic carbocycles. The number of benzene rings is 1. The average Bonchev–Trinajstić information content (AvgIpc) is 2.40. The summed E-state index contributed by atoms with van der Waals surface area (Å²) in [5.74, 6) is 0. The third-order valence-electron chi connectivity index (χ3n) is 3.13. The van der Waals surface area contributed by atoms with Crippen LogP contribution >= 0.6 is 0 Å². The third kappa shape index (κ3) is 3.14. The first kappa shape index (κ1) is 12.7. The standard InChI is InChI=1S/C15H19N3/c1-11-4-5-12(2)15(8-11)13(3)17-9-14-6-7-16-10-18-14/h4-8,10,13,17H,9H2,1-3H3. The number of hydrogen-bond acceptors (Lipinski definition) is 3. The summed E-state index contributed by atoms with van der Waals surface area (Å²) in [6, 6.07) is 8.82. The molecule has 0 aliphatic heterocycles. The number of rotatable bonds is 4. The van der Waals surface area contributed by atoms with Gasteiger partial charge in [-0.1, -0.05) is 23.8 Å². The summed E-state index contributed by atoms with van der Waals surface area (Å²) in [5, 5.41) is 3.49. The van der Waals surface area contributed by atoms with E-state index in [1.165, 1.54) is 16.7 Å². The Labute approximate surface area is 108 Å². The van der Waals surface area contributed by atoms with Crippen LogP contribution in [0.1, 0.15) is 35.3 Å². The Morgan fingerprint density at radius 3 is 2.78 bits per heavy atom. The number of nitrogens with zero attached hydrogens (tertiary/aromatic N) is 2. The summed E-state index contributed by atoms with van der Waals surface area (Å²) in [5.41, 5.74) is 4.99. The van der Waals surface area contributed by atoms with E-state index < -0.39 is 0 Å². The molecule has 0 aliphatic rings. The zero-order valence-electron chi connectivity index (χ0n) is 11.1. The fourth-order valence-corrected chi connectivity index (χ4v) is 2.02. The topological polar surface area (TPSA) is 37.8 Å². The molecule has 1 N–H and O–H groups in total. The van der Waals surface area contributed by atoms with Gasteiger partial charge in [-0.3, -0.25) is 0 Å². The van der Waals surface area contributed by atoms with Gasteiger partial charge in [0.2, 0.25) is 0 Å². The molecule has 0 saturated carbocycles. The number of aromatic nitrogens is 2. The Morgan fingerprint density at radius 1 is 1.22 bits per heavy atom. The monoisotopic (exact) mass is 241 g/mol. The third-order valence-corrected chi connectivity index (χ3v) is 3.13. The number of nitrogens with one attached hydrogen (secondary N) is 1. The maximum atomic E-state index is 4.21. The van der Waals surface area contributed by atoms with Gasteiger partial charge in [-0.2, -0.15) is 0 Å². The van der Waals surface area contributed by atoms with Crippen LogP contribution in [0.15, 0.2) is 36.8 Å². The SMILES string of the molecule is Cc1ccc(C)c(C(C)NCc2ccncn2)c1. The van der Waals surface area contributed by atoms with Crippen LogP contribution in [0.3, 0.4) is 0 Å². The zero-order valence-corrected chi connectivity index (χ0v) is 11.1. The van der Waals surface area contributed by atoms with Crippen LogP contribution in [0.25, 0.3) is 0 Å². The molecule has 1 heterocycles. The Bertz CT molecular complexity index is 508. The molecule has 0 fully saturated rings. The van der Waals surface area contributed by atoms with Crippen LogP contribution in [-0.4, -0.2) is 9.97 Å². The highest BCUT2D eigenvalue weighted by Crippen LogP contribution is 2.19. The molecule has 3 heteroatoms. The summed E-state index contributed by atoms with van der Waals surface area (Å²) < 4.78 is 0. The van der Waals surface area contributed by atoms with Crippen molar-refractivity contribution in [1.29, 1.82) is 0 Å². The molecule has 0 spiro atoms. The van der Waals surface area contributed by atoms with Crippen molar-refractivity contribution in [3.63, 3.8) is 0 Å². The van der Waals surface area contributed by atoms with E-state index in [0.29, 0.717) is 6.04 Å². The van der Waals surface area contributed by atoms with Gasteiger partial charge in [0.25, 0.3) is 0 Å². The Morgan fingerprint density at radius 2 is 2.06 bits per heavy atom. The van der Waals surface area contributed by atoms with Crippen LogP contribution in [-0.2, 0) is 6.54 Å². The molecule has 1 atom stereocenters. The molecule has 0 radical (unpaired) electrons. The van der Waals surface area contributed by atoms with Gasteiger partial charge in [0.15, 0.2) is 0 Å². The molecule has 3 nitrogen and oxygen atoms in total. The molecule has 0 saturated heterocycles. The summed E-state index contributed by atoms with van der Waals surface area (Å²) in [7, 11) is 0. The maximum absolute atomic E-state index is 4.21. The van der Waals surface area contributed by atoms with Crippen LogP contribution in [0, 0.1) is 13.8 Å². The molecule has 0 aliphatic carbocycles. The fourth-order valence-electron chi connectivity index (χ4n) is 2.02. The first-order valence-corrected chi connectivity index (χ1v) is 6.22. The normalized spacial score (nSPS) is 12.4. The summed E-state index contributed by atoms with van der Waals surface area (Å²) in [6.07, 6.45) is 3.35. The molecule has 94 valence electrons. The highest BCUT2D eigenvalue weighted by atomic mass is 14.9. The molecule has 2 rings (SSSR count). The lowest BCUT2D eigenvalue weighted by molar-refractivity contribution is 0.564. The predicted molar refractivity (Wildman–Crippen MR) is 73.2 cm³/mol. The van der Waals surface area contributed by atoms with Crippen molar-refractivity contribution in [2.45, 2.75) is 33.4 Å². The van der Waals surface area contributed by atoms with E-state index in [1.54, 1.807) is 12.5 Å². The lowest BCUT2D eigenvalue weighted by Gasteiger charge is -2.17. The molecular weight excluding hydrogens is 222 g/mol. The van der Waals surface area contributed by atoms with Gasteiger partial charge in [0, 0.05) is 18.8 Å². The second-order valence-corrected chi connectivity index (χ2v) is 4.66. The van der Waals surface area contributed by atoms with E-state index >= 15 is 0 Å². The van der Waals surface area contributed by atoms with E-state index in [0.717, 1.165) is 12.2 Å². The van der Waals surface area contributed by atoms with Crippen molar-refractivity contribution in [2.75, 3.05) is 0 Å². The highest BCUT2D eigenvalue weighted by Gasteiger charge is 2.08. The largest absolute Gasteiger partial charge is 0.305 e. The Balaban J connectivity index is 2.03. The van der Waals surface area contributed by atoms with Crippen molar-refractivity contribution in [1.82, 2.24) is 15.3 Å². The minimum absolute atomic E-state index is 0.319. The minimum Gasteiger partial charge on any atom is -0.305 e. The van der Waals surface area contributed by atoms with Gasteiger partial charge in [-0.15, -0.1) is 0 Å². The van der Waals surface area contributed by atoms with Crippen molar-refractivity contribution in [3.05, 3.63) is 59.2 Å². The second kappa shape index (κ2) is 5.74. The number of aryl methyl sites for hydroxylation is 2. The number of hydrogen-bond donors (Lipinski definition) is 1. The first-order chi connectivity index (χ1) is 8.66. The molecule has 18 heavy (non-hydrogen) atoms. The quantitative estimate of drug-likeness (QED) is 0.894. The van der Waals surface area contributed by atoms with Crippen molar-refractivity contribution in [2.24, 2.45) is 0 Å². The summed E-state index contributed by atoms with van der Waals surface area (Å²) in [4.78, 5) is 8.13. The van der Waals surface area contributed by atoms with Crippen LogP contribution < -0.4 is 5.32 Å². The van der Waals surface area contributed by atoms with Gasteiger partial charge in [-0.05, 0) is 38.0 Å². The summed E-state index contributed by atoms with van der Waals surface area (Å²) in [6.45, 7) is 7.22. The van der Waals surface area contributed by atoms with E-state index in [1.807, 2.05) is 6.07 Å². The molecule has 1 aromatic heterocycles. The van der Waals surface area contributed by atoms with E-state index in [9.17, 15) is 0 Å². The summed E-state index contributed by atoms with van der Waals surface area (Å²) >= 11 is 0. The first-order valence-electron chi connectivity index (χ1n) is 6.22. The smallest absolute Gasteiger partial charge is 0.115 e. The second-order valence-electron chi connectivity index (χ2n) is 4.66. The van der Waals surface area contributed by atoms with Crippen molar-refractivity contribution >= 4 is 0 Å². The molecule has 1 unspecified atom stereocenters. The predicted octanol–water partition coefficient (Wildman–Crippen LogP) is 2.94. The van der Waals surface area contributed by atoms with Gasteiger partial charge >= 0.3 is 0 Å². The fraction of sp³-hybridized carbons (Fsp3) is 0.333. The van der Waals surface area contributed by atoms with Crippen molar-refractivity contribution < 1.29 is 0 Å². The van der Waals surface area contributed by atoms with Gasteiger partial charge < -0.3 is 5.32 Å².